The van der Waals surface area contributed by atoms with Crippen molar-refractivity contribution in [1.29, 1.82) is 0 Å². The van der Waals surface area contributed by atoms with Crippen molar-refractivity contribution in [2.45, 2.75) is 6.55 Å². The van der Waals surface area contributed by atoms with Crippen LogP contribution in [-0.2, 0) is 0 Å². The van der Waals surface area contributed by atoms with E-state index in [9.17, 15) is 13.6 Å². The van der Waals surface area contributed by atoms with Gasteiger partial charge in [-0.15, -0.1) is 11.6 Å². The highest BCUT2D eigenvalue weighted by atomic mass is 35.5. The summed E-state index contributed by atoms with van der Waals surface area (Å²) in [6.45, 7) is -2.72. The molecule has 0 N–H and O–H groups in total. The van der Waals surface area contributed by atoms with Crippen molar-refractivity contribution >= 4 is 17.4 Å². The van der Waals surface area contributed by atoms with E-state index in [0.29, 0.717) is 4.68 Å². The number of halogens is 3. The summed E-state index contributed by atoms with van der Waals surface area (Å²) in [7, 11) is 0. The standard InChI is InChI=1S/C6H5ClF2N2O/c7-1-5(12)4-2-10-11(3-4)6(8)9/h2-3,6H,1H2. The molecule has 3 nitrogen and oxygen atoms in total. The fourth-order valence-corrected chi connectivity index (χ4v) is 0.820. The maximum atomic E-state index is 11.9. The van der Waals surface area contributed by atoms with Gasteiger partial charge in [0, 0.05) is 6.20 Å². The van der Waals surface area contributed by atoms with Crippen molar-refractivity contribution in [1.82, 2.24) is 9.78 Å². The van der Waals surface area contributed by atoms with Crippen LogP contribution in [0.3, 0.4) is 0 Å². The zero-order chi connectivity index (χ0) is 9.14. The molecule has 0 atom stereocenters. The lowest BCUT2D eigenvalue weighted by atomic mass is 10.3. The van der Waals surface area contributed by atoms with Crippen LogP contribution in [0.15, 0.2) is 12.4 Å². The first-order valence-electron chi connectivity index (χ1n) is 3.06. The van der Waals surface area contributed by atoms with Crippen molar-refractivity contribution in [2.75, 3.05) is 5.88 Å². The molecule has 0 aliphatic carbocycles. The number of alkyl halides is 3. The van der Waals surface area contributed by atoms with Gasteiger partial charge in [-0.2, -0.15) is 13.9 Å². The average Bonchev–Trinajstić information content (AvgIpc) is 2.51. The number of Topliss-reactive ketones (excluding diaryl/α,β-unsaturated/α-hetero) is 1. The number of rotatable bonds is 3. The third kappa shape index (κ3) is 1.79. The van der Waals surface area contributed by atoms with Crippen LogP contribution in [0.2, 0.25) is 0 Å². The average molecular weight is 195 g/mol. The van der Waals surface area contributed by atoms with Gasteiger partial charge in [0.15, 0.2) is 5.78 Å². The van der Waals surface area contributed by atoms with E-state index < -0.39 is 12.3 Å². The Morgan fingerprint density at radius 2 is 2.42 bits per heavy atom. The second-order valence-corrected chi connectivity index (χ2v) is 2.31. The van der Waals surface area contributed by atoms with Crippen LogP contribution < -0.4 is 0 Å². The molecule has 0 aliphatic heterocycles. The minimum atomic E-state index is -2.72. The molecule has 1 aromatic heterocycles. The molecule has 0 aliphatic rings. The smallest absolute Gasteiger partial charge is 0.293 e. The van der Waals surface area contributed by atoms with Crippen LogP contribution in [0.25, 0.3) is 0 Å². The number of hydrogen-bond acceptors (Lipinski definition) is 2. The molecular weight excluding hydrogens is 190 g/mol. The largest absolute Gasteiger partial charge is 0.333 e. The Balaban J connectivity index is 2.84. The van der Waals surface area contributed by atoms with Gasteiger partial charge in [0.2, 0.25) is 0 Å². The molecule has 0 saturated heterocycles. The van der Waals surface area contributed by atoms with Gasteiger partial charge < -0.3 is 0 Å². The Hall–Kier alpha value is -0.970. The van der Waals surface area contributed by atoms with Gasteiger partial charge in [-0.25, -0.2) is 4.68 Å². The van der Waals surface area contributed by atoms with E-state index in [-0.39, 0.29) is 11.4 Å². The summed E-state index contributed by atoms with van der Waals surface area (Å²) in [6, 6.07) is 0. The van der Waals surface area contributed by atoms with Gasteiger partial charge >= 0.3 is 6.55 Å². The summed E-state index contributed by atoms with van der Waals surface area (Å²) in [5, 5.41) is 3.27. The lowest BCUT2D eigenvalue weighted by molar-refractivity contribution is 0.0565. The van der Waals surface area contributed by atoms with Gasteiger partial charge in [0.25, 0.3) is 0 Å². The molecule has 0 unspecified atom stereocenters. The maximum absolute atomic E-state index is 11.9. The minimum Gasteiger partial charge on any atom is -0.293 e. The third-order valence-electron chi connectivity index (χ3n) is 1.24. The Morgan fingerprint density at radius 1 is 1.75 bits per heavy atom. The number of carbonyl (C=O) groups excluding carboxylic acids is 1. The summed E-state index contributed by atoms with van der Waals surface area (Å²) in [4.78, 5) is 10.8. The molecule has 0 bridgehead atoms. The van der Waals surface area contributed by atoms with Crippen LogP contribution in [0, 0.1) is 0 Å². The molecule has 0 radical (unpaired) electrons. The summed E-state index contributed by atoms with van der Waals surface area (Å²) in [5.74, 6) is -0.641. The lowest BCUT2D eigenvalue weighted by Crippen LogP contribution is -2.00. The molecule has 1 aromatic rings. The second-order valence-electron chi connectivity index (χ2n) is 2.04. The van der Waals surface area contributed by atoms with Crippen molar-refractivity contribution in [3.05, 3.63) is 18.0 Å². The number of carbonyl (C=O) groups is 1. The number of hydrogen-bond donors (Lipinski definition) is 0. The van der Waals surface area contributed by atoms with Crippen molar-refractivity contribution in [3.63, 3.8) is 0 Å². The Bertz CT molecular complexity index is 287. The quantitative estimate of drug-likeness (QED) is 0.542. The van der Waals surface area contributed by atoms with Crippen LogP contribution >= 0.6 is 11.6 Å². The molecule has 0 fully saturated rings. The summed E-state index contributed by atoms with van der Waals surface area (Å²) in [5.41, 5.74) is 0.102. The first-order valence-corrected chi connectivity index (χ1v) is 3.60. The fraction of sp³-hybridized carbons (Fsp3) is 0.333. The van der Waals surface area contributed by atoms with Gasteiger partial charge in [-0.1, -0.05) is 0 Å². The monoisotopic (exact) mass is 194 g/mol. The number of aromatic nitrogens is 2. The highest BCUT2D eigenvalue weighted by Gasteiger charge is 2.11. The molecule has 12 heavy (non-hydrogen) atoms. The predicted molar refractivity (Wildman–Crippen MR) is 38.5 cm³/mol. The molecular formula is C6H5ClF2N2O. The third-order valence-corrected chi connectivity index (χ3v) is 1.49. The Labute approximate surface area is 71.9 Å². The molecule has 0 saturated carbocycles. The molecule has 1 rings (SSSR count). The van der Waals surface area contributed by atoms with E-state index in [1.54, 1.807) is 0 Å². The highest BCUT2D eigenvalue weighted by Crippen LogP contribution is 2.09. The SMILES string of the molecule is O=C(CCl)c1cnn(C(F)F)c1. The van der Waals surface area contributed by atoms with E-state index in [1.807, 2.05) is 0 Å². The zero-order valence-electron chi connectivity index (χ0n) is 5.88. The highest BCUT2D eigenvalue weighted by molar-refractivity contribution is 6.30. The molecule has 66 valence electrons. The van der Waals surface area contributed by atoms with E-state index in [2.05, 4.69) is 5.10 Å². The molecule has 6 heteroatoms. The Morgan fingerprint density at radius 3 is 2.83 bits per heavy atom. The molecule has 0 spiro atoms. The number of ketones is 1. The van der Waals surface area contributed by atoms with Gasteiger partial charge in [-0.3, -0.25) is 4.79 Å². The summed E-state index contributed by atoms with van der Waals surface area (Å²) < 4.78 is 24.2. The van der Waals surface area contributed by atoms with Crippen molar-refractivity contribution in [2.24, 2.45) is 0 Å². The van der Waals surface area contributed by atoms with Crippen molar-refractivity contribution < 1.29 is 13.6 Å². The molecule has 1 heterocycles. The topological polar surface area (TPSA) is 34.9 Å². The first-order chi connectivity index (χ1) is 5.65. The van der Waals surface area contributed by atoms with Gasteiger partial charge in [0.05, 0.1) is 17.6 Å². The lowest BCUT2D eigenvalue weighted by Gasteiger charge is -1.94. The van der Waals surface area contributed by atoms with E-state index in [1.165, 1.54) is 0 Å². The molecule has 0 amide bonds. The van der Waals surface area contributed by atoms with Crippen LogP contribution in [0.5, 0.6) is 0 Å². The summed E-state index contributed by atoms with van der Waals surface area (Å²) >= 11 is 5.20. The normalized spacial score (nSPS) is 10.7. The Kier molecular flexibility index (Phi) is 2.75. The fourth-order valence-electron chi connectivity index (χ4n) is 0.666. The maximum Gasteiger partial charge on any atom is 0.333 e. The minimum absolute atomic E-state index is 0.102. The van der Waals surface area contributed by atoms with E-state index >= 15 is 0 Å². The zero-order valence-corrected chi connectivity index (χ0v) is 6.63. The van der Waals surface area contributed by atoms with Crippen LogP contribution in [0.4, 0.5) is 8.78 Å². The summed E-state index contributed by atoms with van der Waals surface area (Å²) in [6.07, 6.45) is 2.03. The van der Waals surface area contributed by atoms with Crippen molar-refractivity contribution in [3.8, 4) is 0 Å². The van der Waals surface area contributed by atoms with E-state index in [0.717, 1.165) is 12.4 Å². The van der Waals surface area contributed by atoms with E-state index in [4.69, 9.17) is 11.6 Å². The van der Waals surface area contributed by atoms with Crippen LogP contribution in [0.1, 0.15) is 16.9 Å². The first kappa shape index (κ1) is 9.12. The second kappa shape index (κ2) is 3.62. The predicted octanol–water partition coefficient (Wildman–Crippen LogP) is 1.70. The van der Waals surface area contributed by atoms with Gasteiger partial charge in [-0.05, 0) is 0 Å². The molecule has 0 aromatic carbocycles. The number of nitrogens with zero attached hydrogens (tertiary/aromatic N) is 2. The van der Waals surface area contributed by atoms with Gasteiger partial charge in [0.1, 0.15) is 0 Å². The van der Waals surface area contributed by atoms with Crippen LogP contribution in [-0.4, -0.2) is 21.4 Å².